The normalized spacial score (nSPS) is 11.4. The van der Waals surface area contributed by atoms with E-state index in [9.17, 15) is 13.2 Å². The van der Waals surface area contributed by atoms with E-state index in [1.807, 2.05) is 0 Å². The first kappa shape index (κ1) is 15.8. The van der Waals surface area contributed by atoms with Crippen LogP contribution in [0.15, 0.2) is 21.9 Å². The van der Waals surface area contributed by atoms with E-state index in [2.05, 4.69) is 16.3 Å². The van der Waals surface area contributed by atoms with Gasteiger partial charge in [-0.2, -0.15) is 0 Å². The molecule has 0 unspecified atom stereocenters. The van der Waals surface area contributed by atoms with Gasteiger partial charge in [-0.25, -0.2) is 22.9 Å². The second-order valence-electron chi connectivity index (χ2n) is 3.70. The molecule has 0 saturated heterocycles. The number of ether oxygens (including phenoxy) is 1. The van der Waals surface area contributed by atoms with E-state index in [1.165, 1.54) is 5.51 Å². The van der Waals surface area contributed by atoms with Gasteiger partial charge in [-0.05, 0) is 6.92 Å². The molecule has 0 saturated carbocycles. The summed E-state index contributed by atoms with van der Waals surface area (Å²) in [6.45, 7) is 6.00. The van der Waals surface area contributed by atoms with Crippen molar-refractivity contribution < 1.29 is 23.1 Å². The van der Waals surface area contributed by atoms with Gasteiger partial charge in [-0.1, -0.05) is 12.2 Å². The number of carboxylic acids is 1. The largest absolute Gasteiger partial charge is 0.476 e. The third-order valence-electron chi connectivity index (χ3n) is 1.87. The molecule has 19 heavy (non-hydrogen) atoms. The van der Waals surface area contributed by atoms with Gasteiger partial charge in [-0.15, -0.1) is 11.3 Å². The molecule has 106 valence electrons. The first-order valence-electron chi connectivity index (χ1n) is 5.23. The lowest BCUT2D eigenvalue weighted by atomic mass is 10.4. The van der Waals surface area contributed by atoms with Crippen molar-refractivity contribution in [2.45, 2.75) is 11.1 Å². The number of sulfonamides is 1. The highest BCUT2D eigenvalue weighted by Crippen LogP contribution is 2.19. The lowest BCUT2D eigenvalue weighted by Gasteiger charge is -2.06. The molecule has 1 rings (SSSR count). The number of hydrogen-bond acceptors (Lipinski definition) is 6. The number of aromatic carboxylic acids is 1. The molecule has 1 aromatic rings. The number of aromatic nitrogens is 1. The Morgan fingerprint density at radius 1 is 1.63 bits per heavy atom. The van der Waals surface area contributed by atoms with Gasteiger partial charge in [0.1, 0.15) is 0 Å². The molecule has 0 radical (unpaired) electrons. The summed E-state index contributed by atoms with van der Waals surface area (Å²) in [5.41, 5.74) is 1.54. The highest BCUT2D eigenvalue weighted by atomic mass is 32.2. The van der Waals surface area contributed by atoms with Crippen molar-refractivity contribution in [1.82, 2.24) is 9.71 Å². The number of hydrogen-bond donors (Lipinski definition) is 2. The smallest absolute Gasteiger partial charge is 0.356 e. The maximum absolute atomic E-state index is 11.8. The van der Waals surface area contributed by atoms with Gasteiger partial charge in [0.05, 0.1) is 18.7 Å². The Kier molecular flexibility index (Phi) is 5.60. The molecule has 0 bridgehead atoms. The number of rotatable bonds is 8. The quantitative estimate of drug-likeness (QED) is 0.541. The summed E-state index contributed by atoms with van der Waals surface area (Å²) in [4.78, 5) is 14.3. The number of nitrogens with one attached hydrogen (secondary N) is 1. The zero-order chi connectivity index (χ0) is 14.5. The van der Waals surface area contributed by atoms with Crippen molar-refractivity contribution in [1.29, 1.82) is 0 Å². The standard InChI is InChI=1S/C10H14N2O5S2/c1-7(2)5-17-4-3-12-19(15,16)10-8(9(13)14)11-6-18-10/h6,12H,1,3-5H2,2H3,(H,13,14). The maximum Gasteiger partial charge on any atom is 0.356 e. The van der Waals surface area contributed by atoms with E-state index >= 15 is 0 Å². The fourth-order valence-corrected chi connectivity index (χ4v) is 3.32. The summed E-state index contributed by atoms with van der Waals surface area (Å²) < 4.78 is 30.8. The Bertz CT molecular complexity index is 564. The Labute approximate surface area is 115 Å². The molecule has 1 heterocycles. The fraction of sp³-hybridized carbons (Fsp3) is 0.400. The topological polar surface area (TPSA) is 106 Å². The summed E-state index contributed by atoms with van der Waals surface area (Å²) in [5, 5.41) is 8.81. The first-order chi connectivity index (χ1) is 8.84. The van der Waals surface area contributed by atoms with E-state index in [-0.39, 0.29) is 17.4 Å². The van der Waals surface area contributed by atoms with Gasteiger partial charge in [0.15, 0.2) is 9.90 Å². The summed E-state index contributed by atoms with van der Waals surface area (Å²) in [5.74, 6) is -1.37. The van der Waals surface area contributed by atoms with E-state index in [1.54, 1.807) is 6.92 Å². The van der Waals surface area contributed by atoms with Crippen LogP contribution in [0.4, 0.5) is 0 Å². The molecule has 0 spiro atoms. The van der Waals surface area contributed by atoms with Crippen molar-refractivity contribution in [2.24, 2.45) is 0 Å². The third kappa shape index (κ3) is 4.71. The van der Waals surface area contributed by atoms with Crippen LogP contribution in [-0.2, 0) is 14.8 Å². The third-order valence-corrected chi connectivity index (χ3v) is 4.70. The van der Waals surface area contributed by atoms with Crippen LogP contribution in [0.25, 0.3) is 0 Å². The Hall–Kier alpha value is -1.29. The van der Waals surface area contributed by atoms with E-state index in [0.717, 1.165) is 16.9 Å². The van der Waals surface area contributed by atoms with Crippen LogP contribution in [0.3, 0.4) is 0 Å². The van der Waals surface area contributed by atoms with Gasteiger partial charge in [-0.3, -0.25) is 0 Å². The predicted molar refractivity (Wildman–Crippen MR) is 69.9 cm³/mol. The van der Waals surface area contributed by atoms with Gasteiger partial charge >= 0.3 is 5.97 Å². The minimum atomic E-state index is -3.87. The van der Waals surface area contributed by atoms with E-state index < -0.39 is 21.7 Å². The molecule has 7 nitrogen and oxygen atoms in total. The molecule has 0 aromatic carbocycles. The molecular weight excluding hydrogens is 292 g/mol. The first-order valence-corrected chi connectivity index (χ1v) is 7.59. The molecule has 2 N–H and O–H groups in total. The summed E-state index contributed by atoms with van der Waals surface area (Å²) in [7, 11) is -3.87. The molecular formula is C10H14N2O5S2. The summed E-state index contributed by atoms with van der Waals surface area (Å²) >= 11 is 0.756. The average Bonchev–Trinajstić information content (AvgIpc) is 2.77. The van der Waals surface area contributed by atoms with Crippen molar-refractivity contribution in [2.75, 3.05) is 19.8 Å². The Morgan fingerprint density at radius 2 is 2.32 bits per heavy atom. The van der Waals surface area contributed by atoms with Crippen LogP contribution in [0.2, 0.25) is 0 Å². The number of carbonyl (C=O) groups is 1. The molecule has 0 aliphatic rings. The van der Waals surface area contributed by atoms with Crippen LogP contribution in [-0.4, -0.2) is 44.2 Å². The van der Waals surface area contributed by atoms with E-state index in [4.69, 9.17) is 9.84 Å². The van der Waals surface area contributed by atoms with Gasteiger partial charge in [0, 0.05) is 6.54 Å². The van der Waals surface area contributed by atoms with Crippen molar-refractivity contribution in [3.8, 4) is 0 Å². The Morgan fingerprint density at radius 3 is 2.89 bits per heavy atom. The SMILES string of the molecule is C=C(C)COCCNS(=O)(=O)c1scnc1C(=O)O. The van der Waals surface area contributed by atoms with Gasteiger partial charge in [0.2, 0.25) is 0 Å². The van der Waals surface area contributed by atoms with Crippen molar-refractivity contribution in [3.05, 3.63) is 23.4 Å². The monoisotopic (exact) mass is 306 g/mol. The zero-order valence-corrected chi connectivity index (χ0v) is 11.9. The summed E-state index contributed by atoms with van der Waals surface area (Å²) in [6.07, 6.45) is 0. The molecule has 1 aromatic heterocycles. The minimum Gasteiger partial charge on any atom is -0.476 e. The molecule has 0 atom stereocenters. The number of thiazole rings is 1. The minimum absolute atomic E-state index is 0.0482. The van der Waals surface area contributed by atoms with Crippen LogP contribution in [0.1, 0.15) is 17.4 Å². The predicted octanol–water partition coefficient (Wildman–Crippen LogP) is 0.712. The lowest BCUT2D eigenvalue weighted by molar-refractivity contribution is 0.0687. The maximum atomic E-state index is 11.8. The van der Waals surface area contributed by atoms with Crippen LogP contribution >= 0.6 is 11.3 Å². The molecule has 0 aliphatic heterocycles. The van der Waals surface area contributed by atoms with Crippen LogP contribution < -0.4 is 4.72 Å². The van der Waals surface area contributed by atoms with E-state index in [0.29, 0.717) is 6.61 Å². The zero-order valence-electron chi connectivity index (χ0n) is 10.2. The fourth-order valence-electron chi connectivity index (χ4n) is 1.13. The van der Waals surface area contributed by atoms with Crippen molar-refractivity contribution >= 4 is 27.3 Å². The van der Waals surface area contributed by atoms with Crippen LogP contribution in [0, 0.1) is 0 Å². The number of carboxylic acid groups (broad SMARTS) is 1. The Balaban J connectivity index is 2.59. The van der Waals surface area contributed by atoms with Crippen LogP contribution in [0.5, 0.6) is 0 Å². The highest BCUT2D eigenvalue weighted by Gasteiger charge is 2.25. The lowest BCUT2D eigenvalue weighted by Crippen LogP contribution is -2.28. The highest BCUT2D eigenvalue weighted by molar-refractivity contribution is 7.91. The van der Waals surface area contributed by atoms with Gasteiger partial charge in [0.25, 0.3) is 10.0 Å². The van der Waals surface area contributed by atoms with Gasteiger partial charge < -0.3 is 9.84 Å². The second-order valence-corrected chi connectivity index (χ2v) is 6.52. The average molecular weight is 306 g/mol. The second kappa shape index (κ2) is 6.75. The molecule has 0 amide bonds. The molecule has 0 fully saturated rings. The van der Waals surface area contributed by atoms with Crippen molar-refractivity contribution in [3.63, 3.8) is 0 Å². The molecule has 0 aliphatic carbocycles. The summed E-state index contributed by atoms with van der Waals surface area (Å²) in [6, 6.07) is 0. The number of nitrogens with zero attached hydrogens (tertiary/aromatic N) is 1. The molecule has 9 heteroatoms.